The molecule has 0 spiro atoms. The number of hydrogen-bond donors (Lipinski definition) is 2. The summed E-state index contributed by atoms with van der Waals surface area (Å²) in [6.07, 6.45) is 0.679. The van der Waals surface area contributed by atoms with Crippen LogP contribution in [0, 0.1) is 17.5 Å². The lowest BCUT2D eigenvalue weighted by Crippen LogP contribution is -2.35. The Balaban J connectivity index is 2.49. The second-order valence-electron chi connectivity index (χ2n) is 3.22. The highest BCUT2D eigenvalue weighted by molar-refractivity contribution is 5.38. The van der Waals surface area contributed by atoms with Crippen molar-refractivity contribution in [3.63, 3.8) is 0 Å². The van der Waals surface area contributed by atoms with E-state index in [1.165, 1.54) is 0 Å². The minimum Gasteiger partial charge on any atom is -0.505 e. The third-order valence-corrected chi connectivity index (χ3v) is 2.37. The first-order valence-corrected chi connectivity index (χ1v) is 4.21. The molecular formula is C9H8F3NO. The Hall–Kier alpha value is -1.23. The van der Waals surface area contributed by atoms with Gasteiger partial charge in [-0.25, -0.2) is 8.78 Å². The van der Waals surface area contributed by atoms with Gasteiger partial charge in [0, 0.05) is 11.6 Å². The quantitative estimate of drug-likeness (QED) is 0.682. The summed E-state index contributed by atoms with van der Waals surface area (Å²) in [5, 5.41) is 12.1. The van der Waals surface area contributed by atoms with E-state index in [1.54, 1.807) is 0 Å². The van der Waals surface area contributed by atoms with Crippen LogP contribution in [0.25, 0.3) is 0 Å². The Bertz CT molecular complexity index is 377. The summed E-state index contributed by atoms with van der Waals surface area (Å²) in [6.45, 7) is 0.727. The minimum atomic E-state index is -1.63. The van der Waals surface area contributed by atoms with Crippen molar-refractivity contribution in [1.82, 2.24) is 5.32 Å². The molecule has 1 aliphatic heterocycles. The van der Waals surface area contributed by atoms with Crippen LogP contribution in [0.15, 0.2) is 6.07 Å². The maximum absolute atomic E-state index is 12.9. The van der Waals surface area contributed by atoms with Crippen LogP contribution in [0.3, 0.4) is 0 Å². The lowest BCUT2D eigenvalue weighted by molar-refractivity contribution is 0.338. The number of phenolic OH excluding ortho intramolecular Hbond substituents is 1. The van der Waals surface area contributed by atoms with Crippen molar-refractivity contribution >= 4 is 0 Å². The number of rotatable bonds is 1. The molecule has 2 N–H and O–H groups in total. The van der Waals surface area contributed by atoms with Crippen molar-refractivity contribution < 1.29 is 18.3 Å². The zero-order valence-electron chi connectivity index (χ0n) is 7.15. The SMILES string of the molecule is Oc1c(C2CCN2)cc(F)c(F)c1F. The number of nitrogens with one attached hydrogen (secondary N) is 1. The molecule has 1 atom stereocenters. The Morgan fingerprint density at radius 2 is 1.93 bits per heavy atom. The van der Waals surface area contributed by atoms with Crippen LogP contribution < -0.4 is 5.32 Å². The van der Waals surface area contributed by atoms with E-state index in [0.717, 1.165) is 12.6 Å². The average Bonchev–Trinajstić information content (AvgIpc) is 2.08. The largest absolute Gasteiger partial charge is 0.505 e. The highest BCUT2D eigenvalue weighted by atomic mass is 19.2. The van der Waals surface area contributed by atoms with E-state index < -0.39 is 23.2 Å². The Labute approximate surface area is 78.4 Å². The molecule has 1 heterocycles. The lowest BCUT2D eigenvalue weighted by atomic mass is 9.96. The van der Waals surface area contributed by atoms with Crippen molar-refractivity contribution in [2.24, 2.45) is 0 Å². The monoisotopic (exact) mass is 203 g/mol. The molecule has 0 radical (unpaired) electrons. The van der Waals surface area contributed by atoms with E-state index in [-0.39, 0.29) is 11.6 Å². The molecule has 1 aromatic carbocycles. The van der Waals surface area contributed by atoms with Gasteiger partial charge in [0.2, 0.25) is 5.82 Å². The molecule has 1 aromatic rings. The maximum atomic E-state index is 12.9. The molecule has 0 bridgehead atoms. The summed E-state index contributed by atoms with van der Waals surface area (Å²) < 4.78 is 38.3. The van der Waals surface area contributed by atoms with Crippen LogP contribution in [-0.4, -0.2) is 11.7 Å². The van der Waals surface area contributed by atoms with Crippen molar-refractivity contribution in [1.29, 1.82) is 0 Å². The molecular weight excluding hydrogens is 195 g/mol. The Morgan fingerprint density at radius 3 is 2.43 bits per heavy atom. The summed E-state index contributed by atoms with van der Waals surface area (Å²) in [6, 6.07) is 0.546. The third-order valence-electron chi connectivity index (χ3n) is 2.37. The van der Waals surface area contributed by atoms with Gasteiger partial charge in [-0.15, -0.1) is 0 Å². The molecule has 1 aliphatic rings. The first-order valence-electron chi connectivity index (χ1n) is 4.21. The highest BCUT2D eigenvalue weighted by Crippen LogP contribution is 2.34. The molecule has 0 saturated carbocycles. The predicted octanol–water partition coefficient (Wildman–Crippen LogP) is 1.84. The second kappa shape index (κ2) is 3.16. The summed E-state index contributed by atoms with van der Waals surface area (Å²) in [4.78, 5) is 0. The van der Waals surface area contributed by atoms with Gasteiger partial charge in [-0.3, -0.25) is 0 Å². The molecule has 0 amide bonds. The molecule has 1 unspecified atom stereocenters. The first kappa shape index (κ1) is 9.33. The van der Waals surface area contributed by atoms with Gasteiger partial charge in [0.05, 0.1) is 0 Å². The van der Waals surface area contributed by atoms with Gasteiger partial charge in [0.1, 0.15) is 0 Å². The van der Waals surface area contributed by atoms with Crippen molar-refractivity contribution in [2.75, 3.05) is 6.54 Å². The number of benzene rings is 1. The maximum Gasteiger partial charge on any atom is 0.203 e. The zero-order chi connectivity index (χ0) is 10.3. The van der Waals surface area contributed by atoms with Crippen molar-refractivity contribution in [3.8, 4) is 5.75 Å². The molecule has 0 aliphatic carbocycles. The van der Waals surface area contributed by atoms with Crippen LogP contribution in [0.2, 0.25) is 0 Å². The van der Waals surface area contributed by atoms with Crippen LogP contribution >= 0.6 is 0 Å². The second-order valence-corrected chi connectivity index (χ2v) is 3.22. The van der Waals surface area contributed by atoms with Crippen LogP contribution in [-0.2, 0) is 0 Å². The molecule has 5 heteroatoms. The highest BCUT2D eigenvalue weighted by Gasteiger charge is 2.26. The van der Waals surface area contributed by atoms with Gasteiger partial charge in [0.15, 0.2) is 17.4 Å². The van der Waals surface area contributed by atoms with Gasteiger partial charge < -0.3 is 10.4 Å². The van der Waals surface area contributed by atoms with Crippen LogP contribution in [0.5, 0.6) is 5.75 Å². The van der Waals surface area contributed by atoms with Gasteiger partial charge in [0.25, 0.3) is 0 Å². The number of hydrogen-bond acceptors (Lipinski definition) is 2. The summed E-state index contributed by atoms with van der Waals surface area (Å²) in [7, 11) is 0. The summed E-state index contributed by atoms with van der Waals surface area (Å²) >= 11 is 0. The van der Waals surface area contributed by atoms with Crippen molar-refractivity contribution in [3.05, 3.63) is 29.1 Å². The Morgan fingerprint density at radius 1 is 1.29 bits per heavy atom. The van der Waals surface area contributed by atoms with Gasteiger partial charge in [-0.1, -0.05) is 0 Å². The molecule has 0 aromatic heterocycles. The first-order chi connectivity index (χ1) is 6.61. The molecule has 1 saturated heterocycles. The fourth-order valence-electron chi connectivity index (χ4n) is 1.42. The third kappa shape index (κ3) is 1.24. The van der Waals surface area contributed by atoms with E-state index in [1.807, 2.05) is 0 Å². The summed E-state index contributed by atoms with van der Waals surface area (Å²) in [5.74, 6) is -5.23. The topological polar surface area (TPSA) is 32.3 Å². The van der Waals surface area contributed by atoms with Crippen LogP contribution in [0.4, 0.5) is 13.2 Å². The number of halogens is 3. The molecule has 1 fully saturated rings. The number of phenols is 1. The fourth-order valence-corrected chi connectivity index (χ4v) is 1.42. The predicted molar refractivity (Wildman–Crippen MR) is 43.3 cm³/mol. The van der Waals surface area contributed by atoms with Gasteiger partial charge in [-0.05, 0) is 19.0 Å². The van der Waals surface area contributed by atoms with Crippen LogP contribution in [0.1, 0.15) is 18.0 Å². The van der Waals surface area contributed by atoms with E-state index >= 15 is 0 Å². The molecule has 14 heavy (non-hydrogen) atoms. The standard InChI is InChI=1S/C9H8F3NO/c10-5-3-4(6-1-2-13-6)9(14)8(12)7(5)11/h3,6,13-14H,1-2H2. The normalized spacial score (nSPS) is 20.6. The zero-order valence-corrected chi connectivity index (χ0v) is 7.15. The summed E-state index contributed by atoms with van der Waals surface area (Å²) in [5.41, 5.74) is 0.0765. The fraction of sp³-hybridized carbons (Fsp3) is 0.333. The Kier molecular flexibility index (Phi) is 2.11. The molecule has 2 rings (SSSR count). The van der Waals surface area contributed by atoms with E-state index in [4.69, 9.17) is 0 Å². The van der Waals surface area contributed by atoms with E-state index in [9.17, 15) is 18.3 Å². The molecule has 76 valence electrons. The van der Waals surface area contributed by atoms with Gasteiger partial charge in [-0.2, -0.15) is 4.39 Å². The smallest absolute Gasteiger partial charge is 0.203 e. The average molecular weight is 203 g/mol. The van der Waals surface area contributed by atoms with E-state index in [2.05, 4.69) is 5.32 Å². The van der Waals surface area contributed by atoms with Gasteiger partial charge >= 0.3 is 0 Å². The lowest BCUT2D eigenvalue weighted by Gasteiger charge is -2.28. The van der Waals surface area contributed by atoms with E-state index in [0.29, 0.717) is 6.42 Å². The minimum absolute atomic E-state index is 0.0765. The number of aromatic hydroxyl groups is 1. The van der Waals surface area contributed by atoms with Crippen molar-refractivity contribution in [2.45, 2.75) is 12.5 Å². The molecule has 2 nitrogen and oxygen atoms in total.